The number of carbonyl (C=O) groups excluding carboxylic acids is 2. The molecule has 0 saturated carbocycles. The molecule has 1 fully saturated rings. The predicted molar refractivity (Wildman–Crippen MR) is 142 cm³/mol. The van der Waals surface area contributed by atoms with Crippen LogP contribution in [0, 0.1) is 0 Å². The third kappa shape index (κ3) is 6.21. The highest BCUT2D eigenvalue weighted by Gasteiger charge is 2.20. The summed E-state index contributed by atoms with van der Waals surface area (Å²) in [5.41, 5.74) is 2.34. The van der Waals surface area contributed by atoms with E-state index in [0.717, 1.165) is 44.9 Å². The van der Waals surface area contributed by atoms with E-state index in [-0.39, 0.29) is 11.8 Å². The summed E-state index contributed by atoms with van der Waals surface area (Å²) in [5, 5.41) is 4.90. The molecule has 0 spiro atoms. The van der Waals surface area contributed by atoms with Gasteiger partial charge in [-0.1, -0.05) is 18.2 Å². The number of nitrogens with zero attached hydrogens (tertiary/aromatic N) is 3. The van der Waals surface area contributed by atoms with Crippen LogP contribution >= 0.6 is 11.3 Å². The van der Waals surface area contributed by atoms with Gasteiger partial charge in [-0.2, -0.15) is 0 Å². The van der Waals surface area contributed by atoms with Crippen LogP contribution in [-0.4, -0.2) is 70.1 Å². The Bertz CT molecular complexity index is 1110. The zero-order valence-corrected chi connectivity index (χ0v) is 21.1. The van der Waals surface area contributed by atoms with Gasteiger partial charge in [0, 0.05) is 45.5 Å². The van der Waals surface area contributed by atoms with Crippen LogP contribution in [0.3, 0.4) is 0 Å². The SMILES string of the molecule is COc1ccc(N2CCN(CCCNC(=O)c3ccccc3N(C)C(=O)c3cccs3)CC2)cc1. The number of anilines is 2. The van der Waals surface area contributed by atoms with Crippen LogP contribution in [0.1, 0.15) is 26.5 Å². The lowest BCUT2D eigenvalue weighted by molar-refractivity contribution is 0.0952. The van der Waals surface area contributed by atoms with Crippen molar-refractivity contribution in [1.29, 1.82) is 0 Å². The molecule has 1 aliphatic rings. The van der Waals surface area contributed by atoms with Gasteiger partial charge in [-0.25, -0.2) is 0 Å². The lowest BCUT2D eigenvalue weighted by atomic mass is 10.1. The number of rotatable bonds is 9. The van der Waals surface area contributed by atoms with Crippen molar-refractivity contribution in [2.75, 3.05) is 63.2 Å². The van der Waals surface area contributed by atoms with Crippen LogP contribution in [0.25, 0.3) is 0 Å². The number of hydrogen-bond acceptors (Lipinski definition) is 6. The van der Waals surface area contributed by atoms with Crippen LogP contribution in [0.5, 0.6) is 5.75 Å². The quantitative estimate of drug-likeness (QED) is 0.458. The number of amides is 2. The molecule has 35 heavy (non-hydrogen) atoms. The molecule has 1 aliphatic heterocycles. The minimum Gasteiger partial charge on any atom is -0.497 e. The Balaban J connectivity index is 1.23. The van der Waals surface area contributed by atoms with Crippen molar-refractivity contribution in [2.45, 2.75) is 6.42 Å². The van der Waals surface area contributed by atoms with Gasteiger partial charge in [0.05, 0.1) is 23.2 Å². The van der Waals surface area contributed by atoms with E-state index in [1.54, 1.807) is 31.2 Å². The van der Waals surface area contributed by atoms with Crippen molar-refractivity contribution >= 4 is 34.5 Å². The van der Waals surface area contributed by atoms with Crippen molar-refractivity contribution in [1.82, 2.24) is 10.2 Å². The standard InChI is InChI=1S/C27H32N4O3S/c1-29(27(33)25-9-5-20-35-25)24-8-4-3-7-23(24)26(32)28-14-6-15-30-16-18-31(19-17-30)21-10-12-22(34-2)13-11-21/h3-5,7-13,20H,6,14-19H2,1-2H3,(H,28,32). The van der Waals surface area contributed by atoms with E-state index in [1.807, 2.05) is 41.8 Å². The first-order chi connectivity index (χ1) is 17.1. The van der Waals surface area contributed by atoms with Crippen molar-refractivity contribution in [3.63, 3.8) is 0 Å². The van der Waals surface area contributed by atoms with Crippen LogP contribution in [0.15, 0.2) is 66.0 Å². The second kappa shape index (κ2) is 11.9. The van der Waals surface area contributed by atoms with Gasteiger partial charge in [-0.05, 0) is 60.8 Å². The van der Waals surface area contributed by atoms with Crippen LogP contribution in [0.2, 0.25) is 0 Å². The third-order valence-electron chi connectivity index (χ3n) is 6.29. The number of nitrogens with one attached hydrogen (secondary N) is 1. The van der Waals surface area contributed by atoms with E-state index in [4.69, 9.17) is 4.74 Å². The fourth-order valence-corrected chi connectivity index (χ4v) is 4.95. The average Bonchev–Trinajstić information content (AvgIpc) is 3.46. The van der Waals surface area contributed by atoms with Gasteiger partial charge in [0.1, 0.15) is 5.75 Å². The molecule has 0 unspecified atom stereocenters. The number of thiophene rings is 1. The monoisotopic (exact) mass is 492 g/mol. The first-order valence-corrected chi connectivity index (χ1v) is 12.7. The number of methoxy groups -OCH3 is 1. The number of ether oxygens (including phenoxy) is 1. The molecule has 8 heteroatoms. The number of piperazine rings is 1. The molecule has 0 radical (unpaired) electrons. The number of carbonyl (C=O) groups is 2. The Morgan fingerprint density at radius 1 is 1.00 bits per heavy atom. The Hall–Kier alpha value is -3.36. The number of hydrogen-bond donors (Lipinski definition) is 1. The molecule has 1 saturated heterocycles. The Labute approximate surface area is 210 Å². The van der Waals surface area contributed by atoms with Crippen LogP contribution in [-0.2, 0) is 0 Å². The first kappa shape index (κ1) is 24.8. The van der Waals surface area contributed by atoms with E-state index >= 15 is 0 Å². The van der Waals surface area contributed by atoms with Gasteiger partial charge < -0.3 is 19.9 Å². The third-order valence-corrected chi connectivity index (χ3v) is 7.15. The van der Waals surface area contributed by atoms with Crippen molar-refractivity contribution in [2.24, 2.45) is 0 Å². The number of benzene rings is 2. The highest BCUT2D eigenvalue weighted by Crippen LogP contribution is 2.23. The second-order valence-electron chi connectivity index (χ2n) is 8.49. The van der Waals surface area contributed by atoms with E-state index in [2.05, 4.69) is 27.2 Å². The summed E-state index contributed by atoms with van der Waals surface area (Å²) in [6.45, 7) is 5.49. The molecule has 184 valence electrons. The maximum atomic E-state index is 12.9. The summed E-state index contributed by atoms with van der Waals surface area (Å²) in [6.07, 6.45) is 0.875. The maximum absolute atomic E-state index is 12.9. The molecule has 4 rings (SSSR count). The minimum absolute atomic E-state index is 0.117. The summed E-state index contributed by atoms with van der Waals surface area (Å²) >= 11 is 1.39. The summed E-state index contributed by atoms with van der Waals surface area (Å²) in [6, 6.07) is 19.1. The van der Waals surface area contributed by atoms with Gasteiger partial charge in [0.25, 0.3) is 11.8 Å². The largest absolute Gasteiger partial charge is 0.497 e. The first-order valence-electron chi connectivity index (χ1n) is 11.9. The van der Waals surface area contributed by atoms with Gasteiger partial charge in [-0.15, -0.1) is 11.3 Å². The van der Waals surface area contributed by atoms with Crippen molar-refractivity contribution in [3.8, 4) is 5.75 Å². The highest BCUT2D eigenvalue weighted by atomic mass is 32.1. The highest BCUT2D eigenvalue weighted by molar-refractivity contribution is 7.12. The smallest absolute Gasteiger partial charge is 0.268 e. The van der Waals surface area contributed by atoms with Crippen molar-refractivity contribution in [3.05, 3.63) is 76.5 Å². The minimum atomic E-state index is -0.157. The Morgan fingerprint density at radius 2 is 1.74 bits per heavy atom. The Kier molecular flexibility index (Phi) is 8.39. The lowest BCUT2D eigenvalue weighted by Crippen LogP contribution is -2.47. The molecule has 2 heterocycles. The molecular weight excluding hydrogens is 460 g/mol. The molecule has 0 bridgehead atoms. The van der Waals surface area contributed by atoms with E-state index in [1.165, 1.54) is 17.0 Å². The fraction of sp³-hybridized carbons (Fsp3) is 0.333. The van der Waals surface area contributed by atoms with E-state index in [0.29, 0.717) is 22.7 Å². The normalized spacial score (nSPS) is 13.9. The predicted octanol–water partition coefficient (Wildman–Crippen LogP) is 3.98. The van der Waals surface area contributed by atoms with Gasteiger partial charge in [0.15, 0.2) is 0 Å². The Morgan fingerprint density at radius 3 is 2.43 bits per heavy atom. The summed E-state index contributed by atoms with van der Waals surface area (Å²) in [4.78, 5) is 32.7. The molecular formula is C27H32N4O3S. The second-order valence-corrected chi connectivity index (χ2v) is 9.44. The lowest BCUT2D eigenvalue weighted by Gasteiger charge is -2.36. The van der Waals surface area contributed by atoms with Gasteiger partial charge >= 0.3 is 0 Å². The molecule has 0 aliphatic carbocycles. The summed E-state index contributed by atoms with van der Waals surface area (Å²) in [5.74, 6) is 0.600. The molecule has 0 atom stereocenters. The van der Waals surface area contributed by atoms with Gasteiger partial charge in [0.2, 0.25) is 0 Å². The molecule has 3 aromatic rings. The van der Waals surface area contributed by atoms with Gasteiger partial charge in [-0.3, -0.25) is 14.5 Å². The average molecular weight is 493 g/mol. The topological polar surface area (TPSA) is 65.1 Å². The molecule has 2 amide bonds. The number of para-hydroxylation sites is 1. The van der Waals surface area contributed by atoms with E-state index < -0.39 is 0 Å². The molecule has 2 aromatic carbocycles. The van der Waals surface area contributed by atoms with Crippen LogP contribution < -0.4 is 19.9 Å². The zero-order valence-electron chi connectivity index (χ0n) is 20.3. The zero-order chi connectivity index (χ0) is 24.6. The van der Waals surface area contributed by atoms with E-state index in [9.17, 15) is 9.59 Å². The molecule has 1 aromatic heterocycles. The molecule has 7 nitrogen and oxygen atoms in total. The molecule has 1 N–H and O–H groups in total. The fourth-order valence-electron chi connectivity index (χ4n) is 4.26. The van der Waals surface area contributed by atoms with Crippen LogP contribution in [0.4, 0.5) is 11.4 Å². The van der Waals surface area contributed by atoms with Crippen molar-refractivity contribution < 1.29 is 14.3 Å². The maximum Gasteiger partial charge on any atom is 0.268 e. The summed E-state index contributed by atoms with van der Waals surface area (Å²) < 4.78 is 5.24. The summed E-state index contributed by atoms with van der Waals surface area (Å²) in [7, 11) is 3.39.